The van der Waals surface area contributed by atoms with Crippen LogP contribution in [0.2, 0.25) is 0 Å². The van der Waals surface area contributed by atoms with Gasteiger partial charge in [-0.25, -0.2) is 0 Å². The molecule has 1 aliphatic rings. The van der Waals surface area contributed by atoms with Gasteiger partial charge >= 0.3 is 0 Å². The number of hydrogen-bond acceptors (Lipinski definition) is 5. The fourth-order valence-electron chi connectivity index (χ4n) is 3.85. The first-order chi connectivity index (χ1) is 15.7. The standard InChI is InChI=1S/C26H29N3O2S/c1-32-25-7-4-5-20(17-25)18-28-26(30)21-8-10-23(11-9-21)31-24-12-15-29(16-13-24)19-22-6-2-3-14-27-22/h2-11,14,17,24H,12-13,15-16,18-19H2,1H3,(H,28,30). The van der Waals surface area contributed by atoms with E-state index in [4.69, 9.17) is 4.74 Å². The smallest absolute Gasteiger partial charge is 0.251 e. The van der Waals surface area contributed by atoms with Crippen LogP contribution in [0.3, 0.4) is 0 Å². The van der Waals surface area contributed by atoms with Gasteiger partial charge in [-0.15, -0.1) is 11.8 Å². The monoisotopic (exact) mass is 447 g/mol. The second kappa shape index (κ2) is 11.2. The Morgan fingerprint density at radius 2 is 1.91 bits per heavy atom. The molecule has 0 bridgehead atoms. The highest BCUT2D eigenvalue weighted by molar-refractivity contribution is 7.98. The largest absolute Gasteiger partial charge is 0.490 e. The number of thioether (sulfide) groups is 1. The normalized spacial score (nSPS) is 14.8. The van der Waals surface area contributed by atoms with Gasteiger partial charge in [-0.1, -0.05) is 18.2 Å². The van der Waals surface area contributed by atoms with Crippen LogP contribution in [-0.4, -0.2) is 41.2 Å². The Morgan fingerprint density at radius 3 is 2.62 bits per heavy atom. The van der Waals surface area contributed by atoms with Crippen molar-refractivity contribution in [2.24, 2.45) is 0 Å². The molecule has 0 spiro atoms. The van der Waals surface area contributed by atoms with Gasteiger partial charge in [-0.2, -0.15) is 0 Å². The lowest BCUT2D eigenvalue weighted by Gasteiger charge is -2.31. The molecule has 1 fully saturated rings. The fourth-order valence-corrected chi connectivity index (χ4v) is 4.33. The number of carbonyl (C=O) groups excluding carboxylic acids is 1. The average molecular weight is 448 g/mol. The maximum atomic E-state index is 12.5. The number of rotatable bonds is 8. The van der Waals surface area contributed by atoms with Gasteiger partial charge in [-0.3, -0.25) is 14.7 Å². The molecule has 0 radical (unpaired) electrons. The van der Waals surface area contributed by atoms with E-state index in [1.54, 1.807) is 11.8 Å². The van der Waals surface area contributed by atoms with Gasteiger partial charge < -0.3 is 10.1 Å². The molecule has 0 atom stereocenters. The molecule has 1 aromatic heterocycles. The van der Waals surface area contributed by atoms with Crippen LogP contribution in [0.25, 0.3) is 0 Å². The summed E-state index contributed by atoms with van der Waals surface area (Å²) in [7, 11) is 0. The Bertz CT molecular complexity index is 1000. The van der Waals surface area contributed by atoms with Crippen LogP contribution in [0.15, 0.2) is 77.8 Å². The van der Waals surface area contributed by atoms with Crippen LogP contribution in [0, 0.1) is 0 Å². The van der Waals surface area contributed by atoms with E-state index in [0.29, 0.717) is 12.1 Å². The zero-order valence-corrected chi connectivity index (χ0v) is 19.2. The number of carbonyl (C=O) groups is 1. The molecule has 0 unspecified atom stereocenters. The Hall–Kier alpha value is -2.83. The topological polar surface area (TPSA) is 54.5 Å². The van der Waals surface area contributed by atoms with Crippen molar-refractivity contribution in [2.75, 3.05) is 19.3 Å². The second-order valence-electron chi connectivity index (χ2n) is 7.97. The number of likely N-dealkylation sites (tertiary alicyclic amines) is 1. The van der Waals surface area contributed by atoms with E-state index in [2.05, 4.69) is 33.4 Å². The van der Waals surface area contributed by atoms with Crippen molar-refractivity contribution < 1.29 is 9.53 Å². The molecule has 1 N–H and O–H groups in total. The highest BCUT2D eigenvalue weighted by Gasteiger charge is 2.21. The zero-order chi connectivity index (χ0) is 22.2. The minimum atomic E-state index is -0.0751. The highest BCUT2D eigenvalue weighted by Crippen LogP contribution is 2.21. The number of amides is 1. The molecule has 6 heteroatoms. The van der Waals surface area contributed by atoms with Crippen LogP contribution in [0.4, 0.5) is 0 Å². The van der Waals surface area contributed by atoms with E-state index >= 15 is 0 Å². The Kier molecular flexibility index (Phi) is 7.80. The van der Waals surface area contributed by atoms with Crippen LogP contribution < -0.4 is 10.1 Å². The molecule has 2 heterocycles. The summed E-state index contributed by atoms with van der Waals surface area (Å²) >= 11 is 1.70. The predicted octanol–water partition coefficient (Wildman–Crippen LogP) is 4.78. The van der Waals surface area contributed by atoms with E-state index in [1.807, 2.05) is 61.0 Å². The number of pyridine rings is 1. The Balaban J connectivity index is 1.22. The molecule has 1 saturated heterocycles. The zero-order valence-electron chi connectivity index (χ0n) is 18.4. The number of ether oxygens (including phenoxy) is 1. The summed E-state index contributed by atoms with van der Waals surface area (Å²) in [5.41, 5.74) is 2.85. The summed E-state index contributed by atoms with van der Waals surface area (Å²) in [6.45, 7) is 3.40. The Labute approximate surface area is 194 Å². The van der Waals surface area contributed by atoms with Crippen molar-refractivity contribution >= 4 is 17.7 Å². The highest BCUT2D eigenvalue weighted by atomic mass is 32.2. The summed E-state index contributed by atoms with van der Waals surface area (Å²) in [5, 5.41) is 2.99. The van der Waals surface area contributed by atoms with Gasteiger partial charge in [0.25, 0.3) is 5.91 Å². The number of nitrogens with one attached hydrogen (secondary N) is 1. The number of hydrogen-bond donors (Lipinski definition) is 1. The van der Waals surface area contributed by atoms with Crippen LogP contribution in [0.1, 0.15) is 34.5 Å². The van der Waals surface area contributed by atoms with E-state index in [9.17, 15) is 4.79 Å². The van der Waals surface area contributed by atoms with Crippen molar-refractivity contribution in [3.8, 4) is 5.75 Å². The molecule has 3 aromatic rings. The summed E-state index contributed by atoms with van der Waals surface area (Å²) in [4.78, 5) is 20.5. The molecular formula is C26H29N3O2S. The summed E-state index contributed by atoms with van der Waals surface area (Å²) in [6.07, 6.45) is 6.08. The van der Waals surface area contributed by atoms with Crippen LogP contribution >= 0.6 is 11.8 Å². The van der Waals surface area contributed by atoms with Gasteiger partial charge in [0.2, 0.25) is 0 Å². The average Bonchev–Trinajstić information content (AvgIpc) is 2.85. The van der Waals surface area contributed by atoms with Crippen molar-refractivity contribution in [3.05, 3.63) is 89.7 Å². The molecule has 1 amide bonds. The number of aromatic nitrogens is 1. The first-order valence-corrected chi connectivity index (χ1v) is 12.2. The predicted molar refractivity (Wildman–Crippen MR) is 129 cm³/mol. The van der Waals surface area contributed by atoms with E-state index in [-0.39, 0.29) is 12.0 Å². The van der Waals surface area contributed by atoms with E-state index in [1.165, 1.54) is 4.90 Å². The van der Waals surface area contributed by atoms with E-state index < -0.39 is 0 Å². The van der Waals surface area contributed by atoms with Gasteiger partial charge in [0.1, 0.15) is 11.9 Å². The van der Waals surface area contributed by atoms with Crippen molar-refractivity contribution in [3.63, 3.8) is 0 Å². The van der Waals surface area contributed by atoms with Gasteiger partial charge in [0.05, 0.1) is 5.69 Å². The SMILES string of the molecule is CSc1cccc(CNC(=O)c2ccc(OC3CCN(Cc4ccccn4)CC3)cc2)c1. The van der Waals surface area contributed by atoms with Gasteiger partial charge in [0.15, 0.2) is 0 Å². The van der Waals surface area contributed by atoms with Gasteiger partial charge in [-0.05, 0) is 73.2 Å². The van der Waals surface area contributed by atoms with Gasteiger partial charge in [0, 0.05) is 42.8 Å². The first kappa shape index (κ1) is 22.4. The molecule has 166 valence electrons. The third-order valence-corrected chi connectivity index (χ3v) is 6.38. The lowest BCUT2D eigenvalue weighted by Crippen LogP contribution is -2.37. The number of nitrogens with zero attached hydrogens (tertiary/aromatic N) is 2. The maximum absolute atomic E-state index is 12.5. The quantitative estimate of drug-likeness (QED) is 0.504. The fraction of sp³-hybridized carbons (Fsp3) is 0.308. The second-order valence-corrected chi connectivity index (χ2v) is 8.85. The minimum Gasteiger partial charge on any atom is -0.490 e. The molecule has 32 heavy (non-hydrogen) atoms. The lowest BCUT2D eigenvalue weighted by molar-refractivity contribution is 0.0947. The van der Waals surface area contributed by atoms with Crippen LogP contribution in [0.5, 0.6) is 5.75 Å². The third kappa shape index (κ3) is 6.34. The minimum absolute atomic E-state index is 0.0751. The third-order valence-electron chi connectivity index (χ3n) is 5.65. The first-order valence-electron chi connectivity index (χ1n) is 11.0. The maximum Gasteiger partial charge on any atom is 0.251 e. The van der Waals surface area contributed by atoms with Crippen LogP contribution in [-0.2, 0) is 13.1 Å². The summed E-state index contributed by atoms with van der Waals surface area (Å²) in [5.74, 6) is 0.742. The molecule has 2 aromatic carbocycles. The molecule has 0 saturated carbocycles. The number of benzene rings is 2. The lowest BCUT2D eigenvalue weighted by atomic mass is 10.1. The molecule has 4 rings (SSSR count). The van der Waals surface area contributed by atoms with Crippen molar-refractivity contribution in [2.45, 2.75) is 36.9 Å². The van der Waals surface area contributed by atoms with E-state index in [0.717, 1.165) is 49.5 Å². The number of piperidine rings is 1. The van der Waals surface area contributed by atoms with Crippen molar-refractivity contribution in [1.82, 2.24) is 15.2 Å². The summed E-state index contributed by atoms with van der Waals surface area (Å²) < 4.78 is 6.17. The Morgan fingerprint density at radius 1 is 1.09 bits per heavy atom. The molecule has 1 aliphatic heterocycles. The molecule has 5 nitrogen and oxygen atoms in total. The van der Waals surface area contributed by atoms with Crippen molar-refractivity contribution in [1.29, 1.82) is 0 Å². The summed E-state index contributed by atoms with van der Waals surface area (Å²) in [6, 6.07) is 21.7. The molecular weight excluding hydrogens is 418 g/mol. The molecule has 0 aliphatic carbocycles.